The maximum absolute atomic E-state index is 10.4. The van der Waals surface area contributed by atoms with Crippen LogP contribution in [-0.4, -0.2) is 9.69 Å². The van der Waals surface area contributed by atoms with Gasteiger partial charge >= 0.3 is 0 Å². The van der Waals surface area contributed by atoms with E-state index < -0.39 is 6.10 Å². The molecule has 1 aliphatic rings. The van der Waals surface area contributed by atoms with Crippen LogP contribution in [0.15, 0.2) is 64.4 Å². The van der Waals surface area contributed by atoms with Crippen molar-refractivity contribution < 1.29 is 5.11 Å². The van der Waals surface area contributed by atoms with Gasteiger partial charge in [0.15, 0.2) is 0 Å². The standard InChI is InChI=1S/C14H12OS2/c15-13(10-6-2-1-3-7-10)14-16-11-8-4-5-9-12(11)17-14/h1-9,13-15H. The van der Waals surface area contributed by atoms with E-state index in [0.29, 0.717) is 0 Å². The molecule has 3 rings (SSSR count). The molecule has 86 valence electrons. The van der Waals surface area contributed by atoms with Crippen LogP contribution in [0.3, 0.4) is 0 Å². The Morgan fingerprint density at radius 2 is 1.35 bits per heavy atom. The minimum Gasteiger partial charge on any atom is -0.386 e. The van der Waals surface area contributed by atoms with Gasteiger partial charge in [-0.05, 0) is 17.7 Å². The average Bonchev–Trinajstić information content (AvgIpc) is 2.82. The Hall–Kier alpha value is -0.900. The van der Waals surface area contributed by atoms with Crippen LogP contribution >= 0.6 is 23.5 Å². The van der Waals surface area contributed by atoms with E-state index >= 15 is 0 Å². The lowest BCUT2D eigenvalue weighted by atomic mass is 10.1. The predicted molar refractivity (Wildman–Crippen MR) is 73.3 cm³/mol. The zero-order chi connectivity index (χ0) is 11.7. The number of thioether (sulfide) groups is 2. The summed E-state index contributed by atoms with van der Waals surface area (Å²) in [4.78, 5) is 2.55. The first kappa shape index (κ1) is 11.2. The lowest BCUT2D eigenvalue weighted by Gasteiger charge is -2.16. The fourth-order valence-corrected chi connectivity index (χ4v) is 4.71. The molecule has 2 aromatic carbocycles. The van der Waals surface area contributed by atoms with Crippen molar-refractivity contribution in [3.05, 3.63) is 60.2 Å². The van der Waals surface area contributed by atoms with Gasteiger partial charge in [-0.2, -0.15) is 0 Å². The molecular formula is C14H12OS2. The third-order valence-electron chi connectivity index (χ3n) is 2.73. The summed E-state index contributed by atoms with van der Waals surface area (Å²) in [5.41, 5.74) is 0.991. The Kier molecular flexibility index (Phi) is 3.14. The van der Waals surface area contributed by atoms with Gasteiger partial charge in [-0.15, -0.1) is 23.5 Å². The fourth-order valence-electron chi connectivity index (χ4n) is 1.86. The van der Waals surface area contributed by atoms with Gasteiger partial charge in [0.2, 0.25) is 0 Å². The monoisotopic (exact) mass is 260 g/mol. The molecule has 0 saturated heterocycles. The lowest BCUT2D eigenvalue weighted by Crippen LogP contribution is -2.08. The third kappa shape index (κ3) is 2.23. The molecule has 1 heterocycles. The van der Waals surface area contributed by atoms with Crippen LogP contribution in [0, 0.1) is 0 Å². The smallest absolute Gasteiger partial charge is 0.101 e. The van der Waals surface area contributed by atoms with Crippen LogP contribution in [0.1, 0.15) is 11.7 Å². The molecule has 0 aliphatic carbocycles. The molecule has 1 atom stereocenters. The van der Waals surface area contributed by atoms with Crippen LogP contribution in [0.5, 0.6) is 0 Å². The summed E-state index contributed by atoms with van der Waals surface area (Å²) in [7, 11) is 0. The normalized spacial score (nSPS) is 16.8. The molecule has 0 fully saturated rings. The van der Waals surface area contributed by atoms with Gasteiger partial charge in [-0.25, -0.2) is 0 Å². The summed E-state index contributed by atoms with van der Waals surface area (Å²) in [5.74, 6) is 0. The quantitative estimate of drug-likeness (QED) is 0.883. The van der Waals surface area contributed by atoms with E-state index in [1.54, 1.807) is 23.5 Å². The van der Waals surface area contributed by atoms with Crippen molar-refractivity contribution >= 4 is 23.5 Å². The van der Waals surface area contributed by atoms with Crippen LogP contribution < -0.4 is 0 Å². The molecule has 1 nitrogen and oxygen atoms in total. The van der Waals surface area contributed by atoms with Crippen molar-refractivity contribution in [3.63, 3.8) is 0 Å². The van der Waals surface area contributed by atoms with Gasteiger partial charge < -0.3 is 5.11 Å². The molecule has 3 heteroatoms. The van der Waals surface area contributed by atoms with Crippen LogP contribution in [-0.2, 0) is 0 Å². The highest BCUT2D eigenvalue weighted by molar-refractivity contribution is 8.19. The van der Waals surface area contributed by atoms with Gasteiger partial charge in [0.1, 0.15) is 6.10 Å². The minimum atomic E-state index is -0.418. The molecule has 0 aromatic heterocycles. The average molecular weight is 260 g/mol. The summed E-state index contributed by atoms with van der Waals surface area (Å²) in [6.45, 7) is 0. The first-order chi connectivity index (χ1) is 8.34. The summed E-state index contributed by atoms with van der Waals surface area (Å²) in [6, 6.07) is 18.2. The highest BCUT2D eigenvalue weighted by atomic mass is 32.2. The Morgan fingerprint density at radius 3 is 1.94 bits per heavy atom. The maximum Gasteiger partial charge on any atom is 0.101 e. The van der Waals surface area contributed by atoms with E-state index in [9.17, 15) is 5.11 Å². The number of hydrogen-bond acceptors (Lipinski definition) is 3. The first-order valence-corrected chi connectivity index (χ1v) is 7.26. The molecule has 1 N–H and O–H groups in total. The molecule has 2 aromatic rings. The molecule has 1 unspecified atom stereocenters. The van der Waals surface area contributed by atoms with E-state index in [0.717, 1.165) is 5.56 Å². The first-order valence-electron chi connectivity index (χ1n) is 5.50. The molecule has 17 heavy (non-hydrogen) atoms. The van der Waals surface area contributed by atoms with Gasteiger partial charge in [-0.3, -0.25) is 0 Å². The molecule has 0 saturated carbocycles. The maximum atomic E-state index is 10.4. The Labute approximate surface area is 109 Å². The highest BCUT2D eigenvalue weighted by Gasteiger charge is 2.29. The van der Waals surface area contributed by atoms with Crippen LogP contribution in [0.2, 0.25) is 0 Å². The second-order valence-corrected chi connectivity index (χ2v) is 6.57. The van der Waals surface area contributed by atoms with E-state index in [-0.39, 0.29) is 4.58 Å². The summed E-state index contributed by atoms with van der Waals surface area (Å²) in [5, 5.41) is 10.4. The van der Waals surface area contributed by atoms with Gasteiger partial charge in [-0.1, -0.05) is 42.5 Å². The number of hydrogen-bond donors (Lipinski definition) is 1. The lowest BCUT2D eigenvalue weighted by molar-refractivity contribution is 0.196. The molecule has 0 spiro atoms. The highest BCUT2D eigenvalue weighted by Crippen LogP contribution is 2.51. The number of aliphatic hydroxyl groups is 1. The number of fused-ring (bicyclic) bond motifs is 1. The van der Waals surface area contributed by atoms with E-state index in [2.05, 4.69) is 12.1 Å². The van der Waals surface area contributed by atoms with Gasteiger partial charge in [0, 0.05) is 9.79 Å². The SMILES string of the molecule is OC(c1ccccc1)C1Sc2ccccc2S1. The van der Waals surface area contributed by atoms with E-state index in [1.165, 1.54) is 9.79 Å². The fraction of sp³-hybridized carbons (Fsp3) is 0.143. The van der Waals surface area contributed by atoms with E-state index in [4.69, 9.17) is 0 Å². The minimum absolute atomic E-state index is 0.162. The van der Waals surface area contributed by atoms with Crippen molar-refractivity contribution in [2.75, 3.05) is 0 Å². The zero-order valence-corrected chi connectivity index (χ0v) is 10.7. The predicted octanol–water partition coefficient (Wildman–Crippen LogP) is 3.94. The topological polar surface area (TPSA) is 20.2 Å². The van der Waals surface area contributed by atoms with Crippen molar-refractivity contribution in [2.24, 2.45) is 0 Å². The van der Waals surface area contributed by atoms with E-state index in [1.807, 2.05) is 42.5 Å². The Balaban J connectivity index is 1.81. The molecule has 0 bridgehead atoms. The summed E-state index contributed by atoms with van der Waals surface area (Å²) < 4.78 is 0.162. The summed E-state index contributed by atoms with van der Waals surface area (Å²) in [6.07, 6.45) is -0.418. The van der Waals surface area contributed by atoms with Crippen molar-refractivity contribution in [2.45, 2.75) is 20.5 Å². The van der Waals surface area contributed by atoms with Crippen molar-refractivity contribution in [1.82, 2.24) is 0 Å². The molecular weight excluding hydrogens is 248 g/mol. The molecule has 0 radical (unpaired) electrons. The number of rotatable bonds is 2. The molecule has 0 amide bonds. The Bertz CT molecular complexity index is 488. The van der Waals surface area contributed by atoms with Crippen molar-refractivity contribution in [3.8, 4) is 0 Å². The number of benzene rings is 2. The Morgan fingerprint density at radius 1 is 0.824 bits per heavy atom. The second kappa shape index (κ2) is 4.77. The zero-order valence-electron chi connectivity index (χ0n) is 9.11. The van der Waals surface area contributed by atoms with Crippen LogP contribution in [0.25, 0.3) is 0 Å². The number of aliphatic hydroxyl groups excluding tert-OH is 1. The second-order valence-electron chi connectivity index (χ2n) is 3.91. The largest absolute Gasteiger partial charge is 0.386 e. The van der Waals surface area contributed by atoms with Crippen molar-refractivity contribution in [1.29, 1.82) is 0 Å². The summed E-state index contributed by atoms with van der Waals surface area (Å²) >= 11 is 3.50. The third-order valence-corrected chi connectivity index (χ3v) is 5.64. The van der Waals surface area contributed by atoms with Crippen LogP contribution in [0.4, 0.5) is 0 Å². The van der Waals surface area contributed by atoms with Gasteiger partial charge in [0.25, 0.3) is 0 Å². The molecule has 1 aliphatic heterocycles. The van der Waals surface area contributed by atoms with Gasteiger partial charge in [0.05, 0.1) is 4.58 Å².